The lowest BCUT2D eigenvalue weighted by atomic mass is 10.0. The lowest BCUT2D eigenvalue weighted by Crippen LogP contribution is -2.48. The van der Waals surface area contributed by atoms with E-state index in [1.54, 1.807) is 16.2 Å². The van der Waals surface area contributed by atoms with E-state index in [4.69, 9.17) is 5.73 Å². The number of aldehydes is 1. The number of nitrogens with two attached hydrogens (primary N) is 1. The van der Waals surface area contributed by atoms with Crippen LogP contribution in [0.4, 0.5) is 0 Å². The van der Waals surface area contributed by atoms with Gasteiger partial charge in [-0.2, -0.15) is 0 Å². The molecule has 1 amide bonds. The van der Waals surface area contributed by atoms with Crippen LogP contribution < -0.4 is 11.1 Å². The number of likely N-dealkylation sites (tertiary alicyclic amines) is 1. The number of rotatable bonds is 6. The van der Waals surface area contributed by atoms with Crippen molar-refractivity contribution in [2.45, 2.75) is 58.7 Å². The maximum atomic E-state index is 11.8. The first-order valence-electron chi connectivity index (χ1n) is 10.5. The van der Waals surface area contributed by atoms with Gasteiger partial charge in [-0.1, -0.05) is 38.1 Å². The van der Waals surface area contributed by atoms with E-state index in [0.717, 1.165) is 24.8 Å². The van der Waals surface area contributed by atoms with Gasteiger partial charge in [0.15, 0.2) is 0 Å². The molecule has 30 heavy (non-hydrogen) atoms. The van der Waals surface area contributed by atoms with Crippen molar-refractivity contribution in [2.75, 3.05) is 13.6 Å². The molecule has 1 saturated heterocycles. The summed E-state index contributed by atoms with van der Waals surface area (Å²) in [5.74, 6) is 0.0324. The molecule has 0 aliphatic carbocycles. The first-order valence-corrected chi connectivity index (χ1v) is 11.4. The second kappa shape index (κ2) is 11.3. The summed E-state index contributed by atoms with van der Waals surface area (Å²) in [7, 11) is 1.98. The maximum Gasteiger partial charge on any atom is 0.240 e. The Hall–Kier alpha value is -2.09. The second-order valence-electron chi connectivity index (χ2n) is 8.05. The predicted molar refractivity (Wildman–Crippen MR) is 123 cm³/mol. The van der Waals surface area contributed by atoms with Gasteiger partial charge in [-0.3, -0.25) is 4.79 Å². The Bertz CT molecular complexity index is 819. The zero-order valence-corrected chi connectivity index (χ0v) is 19.4. The van der Waals surface area contributed by atoms with E-state index in [1.807, 2.05) is 26.4 Å². The third-order valence-corrected chi connectivity index (χ3v) is 6.57. The average molecular weight is 431 g/mol. The minimum Gasteiger partial charge on any atom is -0.332 e. The fourth-order valence-corrected chi connectivity index (χ4v) is 4.16. The van der Waals surface area contributed by atoms with Crippen LogP contribution in [0, 0.1) is 12.8 Å². The zero-order chi connectivity index (χ0) is 22.3. The Kier molecular flexibility index (Phi) is 9.14. The number of carbonyl (C=O) groups excluding carboxylic acids is 2. The number of aryl methyl sites for hydroxylation is 1. The molecule has 1 aromatic carbocycles. The molecule has 0 radical (unpaired) electrons. The number of nitrogens with zero attached hydrogens (tertiary/aromatic N) is 2. The minimum atomic E-state index is -0.476. The minimum absolute atomic E-state index is 0.0883. The van der Waals surface area contributed by atoms with E-state index >= 15 is 0 Å². The number of carbonyl (C=O) groups is 2. The van der Waals surface area contributed by atoms with Gasteiger partial charge in [0.25, 0.3) is 0 Å². The van der Waals surface area contributed by atoms with Crippen molar-refractivity contribution in [1.29, 1.82) is 0 Å². The number of thiazole rings is 1. The molecule has 1 aliphatic heterocycles. The summed E-state index contributed by atoms with van der Waals surface area (Å²) in [5, 5.41) is 3.24. The number of hydrogen-bond donors (Lipinski definition) is 2. The summed E-state index contributed by atoms with van der Waals surface area (Å²) >= 11 is 1.70. The van der Waals surface area contributed by atoms with Gasteiger partial charge in [0.2, 0.25) is 5.91 Å². The lowest BCUT2D eigenvalue weighted by Gasteiger charge is -2.25. The Morgan fingerprint density at radius 1 is 1.30 bits per heavy atom. The van der Waals surface area contributed by atoms with Crippen LogP contribution >= 0.6 is 11.3 Å². The first-order chi connectivity index (χ1) is 14.3. The summed E-state index contributed by atoms with van der Waals surface area (Å²) in [6.07, 6.45) is 2.53. The van der Waals surface area contributed by atoms with Gasteiger partial charge < -0.3 is 20.7 Å². The fraction of sp³-hybridized carbons (Fsp3) is 0.522. The Morgan fingerprint density at radius 2 is 1.97 bits per heavy atom. The molecule has 1 fully saturated rings. The summed E-state index contributed by atoms with van der Waals surface area (Å²) in [4.78, 5) is 29.6. The number of nitrogens with one attached hydrogen (secondary N) is 1. The molecule has 164 valence electrons. The molecule has 3 unspecified atom stereocenters. The van der Waals surface area contributed by atoms with Gasteiger partial charge in [-0.05, 0) is 50.8 Å². The van der Waals surface area contributed by atoms with Crippen LogP contribution in [0.1, 0.15) is 50.9 Å². The molecule has 1 aromatic heterocycles. The van der Waals surface area contributed by atoms with Crippen molar-refractivity contribution >= 4 is 23.5 Å². The molecular formula is C23H34N4O2S. The van der Waals surface area contributed by atoms with E-state index in [9.17, 15) is 9.59 Å². The average Bonchev–Trinajstić information content (AvgIpc) is 3.41. The van der Waals surface area contributed by atoms with Gasteiger partial charge in [-0.15, -0.1) is 11.3 Å². The van der Waals surface area contributed by atoms with E-state index in [1.165, 1.54) is 16.0 Å². The van der Waals surface area contributed by atoms with Crippen molar-refractivity contribution in [3.8, 4) is 10.4 Å². The van der Waals surface area contributed by atoms with Crippen LogP contribution in [0.15, 0.2) is 29.8 Å². The highest BCUT2D eigenvalue weighted by molar-refractivity contribution is 7.13. The molecule has 2 heterocycles. The summed E-state index contributed by atoms with van der Waals surface area (Å²) in [6.45, 7) is 8.70. The Morgan fingerprint density at radius 3 is 2.47 bits per heavy atom. The molecule has 3 N–H and O–H groups in total. The molecule has 2 aromatic rings. The molecular weight excluding hydrogens is 396 g/mol. The van der Waals surface area contributed by atoms with Gasteiger partial charge >= 0.3 is 0 Å². The first kappa shape index (κ1) is 24.2. The van der Waals surface area contributed by atoms with Gasteiger partial charge in [0.05, 0.1) is 28.2 Å². The molecule has 3 rings (SSSR count). The molecule has 1 aliphatic rings. The maximum absolute atomic E-state index is 11.8. The van der Waals surface area contributed by atoms with Crippen molar-refractivity contribution in [2.24, 2.45) is 11.7 Å². The van der Waals surface area contributed by atoms with Gasteiger partial charge in [-0.25, -0.2) is 4.98 Å². The van der Waals surface area contributed by atoms with Gasteiger partial charge in [0.1, 0.15) is 6.29 Å². The van der Waals surface area contributed by atoms with Crippen LogP contribution in [0.2, 0.25) is 0 Å². The van der Waals surface area contributed by atoms with Crippen LogP contribution in [-0.4, -0.2) is 47.8 Å². The molecule has 7 heteroatoms. The normalized spacial score (nSPS) is 18.0. The fourth-order valence-electron chi connectivity index (χ4n) is 3.35. The molecule has 0 bridgehead atoms. The number of aromatic nitrogens is 1. The SMILES string of the molecule is CC(C)C(N)C(=O)N1CCCC1C=O.CNC(C)c1ccc(-c2scnc2C)cc1. The number of hydrogen-bond acceptors (Lipinski definition) is 6. The zero-order valence-electron chi connectivity index (χ0n) is 18.6. The van der Waals surface area contributed by atoms with Crippen molar-refractivity contribution in [3.63, 3.8) is 0 Å². The van der Waals surface area contributed by atoms with Crippen LogP contribution in [0.5, 0.6) is 0 Å². The number of amides is 1. The largest absolute Gasteiger partial charge is 0.332 e. The molecule has 0 spiro atoms. The molecule has 6 nitrogen and oxygen atoms in total. The smallest absolute Gasteiger partial charge is 0.240 e. The Balaban J connectivity index is 0.000000216. The van der Waals surface area contributed by atoms with E-state index in [2.05, 4.69) is 48.4 Å². The third-order valence-electron chi connectivity index (χ3n) is 5.59. The number of benzene rings is 1. The highest BCUT2D eigenvalue weighted by Crippen LogP contribution is 2.28. The molecule has 0 saturated carbocycles. The van der Waals surface area contributed by atoms with E-state index in [-0.39, 0.29) is 17.9 Å². The van der Waals surface area contributed by atoms with E-state index in [0.29, 0.717) is 12.6 Å². The summed E-state index contributed by atoms with van der Waals surface area (Å²) in [5.41, 5.74) is 11.3. The third kappa shape index (κ3) is 5.97. The highest BCUT2D eigenvalue weighted by Gasteiger charge is 2.32. The second-order valence-corrected chi connectivity index (χ2v) is 8.90. The standard InChI is InChI=1S/C13H16N2S.C10H18N2O2/c1-9(14-3)11-4-6-12(7-5-11)13-10(2)15-8-16-13;1-7(2)9(11)10(14)12-5-3-4-8(12)6-13/h4-9,14H,1-3H3;6-9H,3-5,11H2,1-2H3. The van der Waals surface area contributed by atoms with Crippen LogP contribution in [-0.2, 0) is 9.59 Å². The summed E-state index contributed by atoms with van der Waals surface area (Å²) < 4.78 is 0. The predicted octanol–water partition coefficient (Wildman–Crippen LogP) is 3.56. The summed E-state index contributed by atoms with van der Waals surface area (Å²) in [6, 6.07) is 8.37. The molecule has 3 atom stereocenters. The quantitative estimate of drug-likeness (QED) is 0.684. The van der Waals surface area contributed by atoms with Crippen molar-refractivity contribution in [1.82, 2.24) is 15.2 Å². The topological polar surface area (TPSA) is 88.3 Å². The van der Waals surface area contributed by atoms with Crippen molar-refractivity contribution in [3.05, 3.63) is 41.0 Å². The van der Waals surface area contributed by atoms with Crippen LogP contribution in [0.25, 0.3) is 10.4 Å². The monoisotopic (exact) mass is 430 g/mol. The van der Waals surface area contributed by atoms with Crippen LogP contribution in [0.3, 0.4) is 0 Å². The highest BCUT2D eigenvalue weighted by atomic mass is 32.1. The van der Waals surface area contributed by atoms with Crippen molar-refractivity contribution < 1.29 is 9.59 Å². The van der Waals surface area contributed by atoms with Gasteiger partial charge in [0, 0.05) is 12.6 Å². The lowest BCUT2D eigenvalue weighted by molar-refractivity contribution is -0.136. The Labute approximate surface area is 183 Å². The van der Waals surface area contributed by atoms with E-state index < -0.39 is 6.04 Å².